The van der Waals surface area contributed by atoms with Gasteiger partial charge in [-0.3, -0.25) is 4.79 Å². The highest BCUT2D eigenvalue weighted by Crippen LogP contribution is 2.34. The smallest absolute Gasteiger partial charge is 0.251 e. The maximum Gasteiger partial charge on any atom is 0.251 e. The van der Waals surface area contributed by atoms with Crippen LogP contribution in [-0.4, -0.2) is 10.5 Å². The van der Waals surface area contributed by atoms with Crippen LogP contribution >= 0.6 is 0 Å². The minimum atomic E-state index is -0.360. The second-order valence-electron chi connectivity index (χ2n) is 7.56. The van der Waals surface area contributed by atoms with Crippen molar-refractivity contribution in [3.05, 3.63) is 71.5 Å². The van der Waals surface area contributed by atoms with Crippen molar-refractivity contribution >= 4 is 5.91 Å². The normalized spacial score (nSPS) is 11.1. The molecule has 140 valence electrons. The van der Waals surface area contributed by atoms with Crippen molar-refractivity contribution in [2.75, 3.05) is 0 Å². The van der Waals surface area contributed by atoms with Crippen LogP contribution in [0.5, 0.6) is 0 Å². The first kappa shape index (κ1) is 19.0. The van der Waals surface area contributed by atoms with Crippen LogP contribution in [0.1, 0.15) is 42.0 Å². The summed E-state index contributed by atoms with van der Waals surface area (Å²) in [4.78, 5) is 12.2. The van der Waals surface area contributed by atoms with E-state index in [1.807, 2.05) is 25.1 Å². The monoisotopic (exact) mass is 360 g/mol. The van der Waals surface area contributed by atoms with Gasteiger partial charge in [0, 0.05) is 23.5 Å². The van der Waals surface area contributed by atoms with Gasteiger partial charge in [-0.25, -0.2) is 0 Å². The van der Waals surface area contributed by atoms with Crippen LogP contribution in [0, 0.1) is 19.8 Å². The fourth-order valence-electron chi connectivity index (χ4n) is 3.72. The van der Waals surface area contributed by atoms with Crippen molar-refractivity contribution in [1.29, 1.82) is 0 Å². The lowest BCUT2D eigenvalue weighted by Crippen LogP contribution is -2.13. The number of carbonyl (C=O) groups excluding carboxylic acids is 1. The number of aromatic nitrogens is 1. The lowest BCUT2D eigenvalue weighted by atomic mass is 9.97. The van der Waals surface area contributed by atoms with Crippen molar-refractivity contribution < 1.29 is 4.79 Å². The molecule has 0 atom stereocenters. The average molecular weight is 361 g/mol. The highest BCUT2D eigenvalue weighted by Gasteiger charge is 2.22. The number of hydrogen-bond donors (Lipinski definition) is 1. The number of benzene rings is 2. The Hall–Kier alpha value is -2.81. The lowest BCUT2D eigenvalue weighted by Gasteiger charge is -2.11. The number of carbonyl (C=O) groups is 1. The van der Waals surface area contributed by atoms with Gasteiger partial charge in [0.05, 0.1) is 5.56 Å². The van der Waals surface area contributed by atoms with E-state index in [2.05, 4.69) is 61.7 Å². The molecular formula is C24H28N2O. The van der Waals surface area contributed by atoms with Gasteiger partial charge in [-0.15, -0.1) is 0 Å². The third-order valence-corrected chi connectivity index (χ3v) is 5.24. The van der Waals surface area contributed by atoms with Crippen LogP contribution in [0.3, 0.4) is 0 Å². The highest BCUT2D eigenvalue weighted by atomic mass is 16.1. The molecule has 0 spiro atoms. The molecule has 0 radical (unpaired) electrons. The molecular weight excluding hydrogens is 332 g/mol. The van der Waals surface area contributed by atoms with E-state index < -0.39 is 0 Å². The third-order valence-electron chi connectivity index (χ3n) is 5.24. The first-order chi connectivity index (χ1) is 12.9. The van der Waals surface area contributed by atoms with Gasteiger partial charge in [0.2, 0.25) is 0 Å². The Morgan fingerprint density at radius 3 is 2.00 bits per heavy atom. The molecule has 0 aliphatic carbocycles. The quantitative estimate of drug-likeness (QED) is 0.612. The Labute approximate surface area is 161 Å². The van der Waals surface area contributed by atoms with E-state index in [1.165, 1.54) is 5.56 Å². The second-order valence-corrected chi connectivity index (χ2v) is 7.56. The van der Waals surface area contributed by atoms with Crippen molar-refractivity contribution in [2.24, 2.45) is 11.7 Å². The van der Waals surface area contributed by atoms with Crippen LogP contribution < -0.4 is 5.73 Å². The fraction of sp³-hybridized carbons (Fsp3) is 0.292. The maximum absolute atomic E-state index is 12.2. The molecule has 0 aliphatic heterocycles. The number of primary amides is 1. The Morgan fingerprint density at radius 2 is 1.44 bits per heavy atom. The molecule has 0 saturated carbocycles. The van der Waals surface area contributed by atoms with Gasteiger partial charge >= 0.3 is 0 Å². The zero-order chi connectivity index (χ0) is 19.6. The first-order valence-electron chi connectivity index (χ1n) is 9.55. The number of nitrogens with two attached hydrogens (primary N) is 1. The van der Waals surface area contributed by atoms with Gasteiger partial charge in [0.25, 0.3) is 5.91 Å². The standard InChI is InChI=1S/C24H28N2O/c1-16(2)14-15-26-17(3)22(23(18(26)4)24(25)27)21-12-10-20(11-13-21)19-8-6-5-7-9-19/h5-13,16H,14-15H2,1-4H3,(H2,25,27). The number of rotatable bonds is 6. The van der Waals surface area contributed by atoms with E-state index >= 15 is 0 Å². The predicted octanol–water partition coefficient (Wildman–Crippen LogP) is 5.58. The van der Waals surface area contributed by atoms with Crippen LogP contribution in [0.4, 0.5) is 0 Å². The largest absolute Gasteiger partial charge is 0.366 e. The molecule has 27 heavy (non-hydrogen) atoms. The molecule has 3 nitrogen and oxygen atoms in total. The van der Waals surface area contributed by atoms with Gasteiger partial charge in [-0.05, 0) is 42.9 Å². The Bertz CT molecular complexity index is 935. The Kier molecular flexibility index (Phi) is 5.50. The molecule has 0 bridgehead atoms. The van der Waals surface area contributed by atoms with Gasteiger partial charge in [-0.1, -0.05) is 68.4 Å². The zero-order valence-corrected chi connectivity index (χ0v) is 16.6. The minimum absolute atomic E-state index is 0.360. The second kappa shape index (κ2) is 7.83. The summed E-state index contributed by atoms with van der Waals surface area (Å²) in [5, 5.41) is 0. The molecule has 1 aromatic heterocycles. The molecule has 0 aliphatic rings. The number of amides is 1. The summed E-state index contributed by atoms with van der Waals surface area (Å²) in [6.07, 6.45) is 1.07. The average Bonchev–Trinajstić information content (AvgIpc) is 2.91. The molecule has 3 aromatic rings. The molecule has 2 N–H and O–H groups in total. The first-order valence-corrected chi connectivity index (χ1v) is 9.55. The Morgan fingerprint density at radius 1 is 0.889 bits per heavy atom. The summed E-state index contributed by atoms with van der Waals surface area (Å²) in [5.74, 6) is 0.248. The highest BCUT2D eigenvalue weighted by molar-refractivity contribution is 6.02. The summed E-state index contributed by atoms with van der Waals surface area (Å²) in [5.41, 5.74) is 12.8. The van der Waals surface area contributed by atoms with Crippen LogP contribution in [0.2, 0.25) is 0 Å². The number of hydrogen-bond acceptors (Lipinski definition) is 1. The SMILES string of the molecule is Cc1c(C(N)=O)c(-c2ccc(-c3ccccc3)cc2)c(C)n1CCC(C)C. The molecule has 2 aromatic carbocycles. The molecule has 1 amide bonds. The van der Waals surface area contributed by atoms with E-state index in [0.717, 1.165) is 41.0 Å². The fourth-order valence-corrected chi connectivity index (χ4v) is 3.72. The molecule has 3 heteroatoms. The van der Waals surface area contributed by atoms with Crippen molar-refractivity contribution in [3.63, 3.8) is 0 Å². The molecule has 0 unspecified atom stereocenters. The van der Waals surface area contributed by atoms with Gasteiger partial charge in [0.15, 0.2) is 0 Å². The maximum atomic E-state index is 12.2. The summed E-state index contributed by atoms with van der Waals surface area (Å²) in [6, 6.07) is 18.7. The van der Waals surface area contributed by atoms with Crippen LogP contribution in [-0.2, 0) is 6.54 Å². The van der Waals surface area contributed by atoms with E-state index in [-0.39, 0.29) is 5.91 Å². The van der Waals surface area contributed by atoms with Crippen LogP contribution in [0.25, 0.3) is 22.3 Å². The van der Waals surface area contributed by atoms with Gasteiger partial charge < -0.3 is 10.3 Å². The molecule has 3 rings (SSSR count). The minimum Gasteiger partial charge on any atom is -0.366 e. The molecule has 0 fully saturated rings. The summed E-state index contributed by atoms with van der Waals surface area (Å²) in [6.45, 7) is 9.41. The van der Waals surface area contributed by atoms with Crippen molar-refractivity contribution in [1.82, 2.24) is 4.57 Å². The van der Waals surface area contributed by atoms with Crippen molar-refractivity contribution in [2.45, 2.75) is 40.7 Å². The summed E-state index contributed by atoms with van der Waals surface area (Å²) in [7, 11) is 0. The number of nitrogens with zero attached hydrogens (tertiary/aromatic N) is 1. The van der Waals surface area contributed by atoms with E-state index in [0.29, 0.717) is 11.5 Å². The Balaban J connectivity index is 2.05. The van der Waals surface area contributed by atoms with E-state index in [9.17, 15) is 4.79 Å². The predicted molar refractivity (Wildman–Crippen MR) is 113 cm³/mol. The van der Waals surface area contributed by atoms with E-state index in [1.54, 1.807) is 0 Å². The zero-order valence-electron chi connectivity index (χ0n) is 16.6. The van der Waals surface area contributed by atoms with Crippen molar-refractivity contribution in [3.8, 4) is 22.3 Å². The third kappa shape index (κ3) is 3.82. The van der Waals surface area contributed by atoms with Gasteiger partial charge in [0.1, 0.15) is 0 Å². The van der Waals surface area contributed by atoms with Crippen LogP contribution in [0.15, 0.2) is 54.6 Å². The molecule has 0 saturated heterocycles. The topological polar surface area (TPSA) is 48.0 Å². The lowest BCUT2D eigenvalue weighted by molar-refractivity contribution is 0.1000. The summed E-state index contributed by atoms with van der Waals surface area (Å²) >= 11 is 0. The van der Waals surface area contributed by atoms with E-state index in [4.69, 9.17) is 5.73 Å². The summed E-state index contributed by atoms with van der Waals surface area (Å²) < 4.78 is 2.24. The molecule has 1 heterocycles. The van der Waals surface area contributed by atoms with Gasteiger partial charge in [-0.2, -0.15) is 0 Å².